The molecule has 334 valence electrons. The highest BCUT2D eigenvalue weighted by atomic mass is 19.1. The minimum absolute atomic E-state index is 0.00177. The van der Waals surface area contributed by atoms with Gasteiger partial charge in [-0.1, -0.05) is 140 Å². The van der Waals surface area contributed by atoms with Crippen molar-refractivity contribution in [1.29, 1.82) is 0 Å². The molecule has 0 aromatic heterocycles. The Labute approximate surface area is 385 Å². The number of benzene rings is 8. The van der Waals surface area contributed by atoms with E-state index in [0.717, 1.165) is 66.3 Å². The van der Waals surface area contributed by atoms with Crippen LogP contribution in [0, 0.1) is 44.0 Å². The third-order valence-corrected chi connectivity index (χ3v) is 10.9. The van der Waals surface area contributed by atoms with Crippen LogP contribution in [0.2, 0.25) is 0 Å². The lowest BCUT2D eigenvalue weighted by atomic mass is 10.0. The lowest BCUT2D eigenvalue weighted by molar-refractivity contribution is 0.0698. The number of hydrogen-bond donors (Lipinski definition) is 3. The molecule has 8 rings (SSSR count). The van der Waals surface area contributed by atoms with Gasteiger partial charge in [0.1, 0.15) is 23.3 Å². The minimum Gasteiger partial charge on any atom is -0.478 e. The van der Waals surface area contributed by atoms with Crippen LogP contribution in [-0.4, -0.2) is 11.1 Å². The van der Waals surface area contributed by atoms with Crippen LogP contribution in [0.25, 0.3) is 12.2 Å². The van der Waals surface area contributed by atoms with Gasteiger partial charge >= 0.3 is 5.97 Å². The van der Waals surface area contributed by atoms with Crippen LogP contribution < -0.4 is 10.6 Å². The van der Waals surface area contributed by atoms with E-state index in [2.05, 4.69) is 91.2 Å². The van der Waals surface area contributed by atoms with Crippen LogP contribution in [0.5, 0.6) is 0 Å². The van der Waals surface area contributed by atoms with Crippen molar-refractivity contribution in [2.75, 3.05) is 10.6 Å². The fourth-order valence-electron chi connectivity index (χ4n) is 6.97. The number of anilines is 4. The van der Waals surface area contributed by atoms with Crippen LogP contribution >= 0.6 is 0 Å². The first-order valence-corrected chi connectivity index (χ1v) is 21.7. The van der Waals surface area contributed by atoms with Crippen LogP contribution in [-0.2, 0) is 25.7 Å². The van der Waals surface area contributed by atoms with Gasteiger partial charge < -0.3 is 15.7 Å². The average Bonchev–Trinajstić information content (AvgIpc) is 3.32. The number of halogens is 4. The van der Waals surface area contributed by atoms with Crippen molar-refractivity contribution in [3.63, 3.8) is 0 Å². The zero-order valence-electron chi connectivity index (χ0n) is 37.2. The molecule has 0 fully saturated rings. The Morgan fingerprint density at radius 1 is 0.424 bits per heavy atom. The second-order valence-corrected chi connectivity index (χ2v) is 15.9. The molecule has 8 aromatic carbocycles. The van der Waals surface area contributed by atoms with Gasteiger partial charge in [0.15, 0.2) is 0 Å². The number of carboxylic acids is 1. The molecule has 3 N–H and O–H groups in total. The molecule has 0 bridgehead atoms. The second kappa shape index (κ2) is 23.8. The van der Waals surface area contributed by atoms with Gasteiger partial charge in [0.2, 0.25) is 0 Å². The van der Waals surface area contributed by atoms with E-state index in [9.17, 15) is 27.5 Å². The highest BCUT2D eigenvalue weighted by molar-refractivity contribution is 5.96. The zero-order chi connectivity index (χ0) is 46.8. The van der Waals surface area contributed by atoms with Gasteiger partial charge in [-0.25, -0.2) is 22.4 Å². The Morgan fingerprint density at radius 2 is 0.894 bits per heavy atom. The molecule has 0 amide bonds. The topological polar surface area (TPSA) is 61.4 Å². The van der Waals surface area contributed by atoms with E-state index in [4.69, 9.17) is 0 Å². The molecule has 0 aliphatic carbocycles. The van der Waals surface area contributed by atoms with E-state index < -0.39 is 29.2 Å². The second-order valence-electron chi connectivity index (χ2n) is 15.9. The lowest BCUT2D eigenvalue weighted by Crippen LogP contribution is -2.04. The van der Waals surface area contributed by atoms with Crippen molar-refractivity contribution < 1.29 is 27.5 Å². The Hall–Kier alpha value is -7.71. The van der Waals surface area contributed by atoms with Crippen molar-refractivity contribution >= 4 is 40.9 Å². The van der Waals surface area contributed by atoms with Gasteiger partial charge in [-0.15, -0.1) is 0 Å². The summed E-state index contributed by atoms with van der Waals surface area (Å²) in [7, 11) is 0. The Morgan fingerprint density at radius 3 is 1.41 bits per heavy atom. The Kier molecular flexibility index (Phi) is 17.2. The van der Waals surface area contributed by atoms with Gasteiger partial charge in [0.05, 0.1) is 22.6 Å². The summed E-state index contributed by atoms with van der Waals surface area (Å²) < 4.78 is 53.8. The predicted molar refractivity (Wildman–Crippen MR) is 263 cm³/mol. The molecular formula is C58H52F4N2O2. The monoisotopic (exact) mass is 884 g/mol. The molecule has 0 radical (unpaired) electrons. The first-order valence-electron chi connectivity index (χ1n) is 21.7. The van der Waals surface area contributed by atoms with Crippen LogP contribution in [0.1, 0.15) is 60.4 Å². The smallest absolute Gasteiger partial charge is 0.337 e. The normalized spacial score (nSPS) is 10.7. The largest absolute Gasteiger partial charge is 0.478 e. The number of carbonyl (C=O) groups is 1. The van der Waals surface area contributed by atoms with Crippen LogP contribution in [0.3, 0.4) is 0 Å². The standard InChI is InChI=1S/C21H15F2NO2.C21H19F2N.C16H18/c22-16-9-11-19(18(23)13-16)24-20-12-15(8-10-17(20)21(25)26)7-6-14-4-2-1-3-5-14;1-15-7-8-17(10-9-16-5-3-2-4-6-16)13-21(15)24-20-12-11-18(22)14-19(20)23;1-13-8-9-16(12-14(13)2)11-10-15-6-4-3-5-7-15/h1-13,24H,(H,25,26);2-8,11-14,24H,9-10H2,1H3;3-9,12H,10-11H2,1-2H3/b7-6+;;. The van der Waals surface area contributed by atoms with Crippen molar-refractivity contribution in [3.05, 3.63) is 261 Å². The molecule has 66 heavy (non-hydrogen) atoms. The van der Waals surface area contributed by atoms with Gasteiger partial charge in [-0.05, 0) is 139 Å². The van der Waals surface area contributed by atoms with E-state index in [0.29, 0.717) is 0 Å². The summed E-state index contributed by atoms with van der Waals surface area (Å²) >= 11 is 0. The van der Waals surface area contributed by atoms with Gasteiger partial charge in [0, 0.05) is 17.8 Å². The van der Waals surface area contributed by atoms with E-state index in [1.54, 1.807) is 12.1 Å². The maximum absolute atomic E-state index is 13.9. The summed E-state index contributed by atoms with van der Waals surface area (Å²) in [5, 5.41) is 15.1. The summed E-state index contributed by atoms with van der Waals surface area (Å²) in [5.74, 6) is -3.82. The highest BCUT2D eigenvalue weighted by Gasteiger charge is 2.13. The predicted octanol–water partition coefficient (Wildman–Crippen LogP) is 15.5. The average molecular weight is 885 g/mol. The van der Waals surface area contributed by atoms with Crippen molar-refractivity contribution in [2.45, 2.75) is 46.5 Å². The first kappa shape index (κ1) is 47.8. The number of nitrogens with one attached hydrogen (secondary N) is 2. The lowest BCUT2D eigenvalue weighted by Gasteiger charge is -2.12. The fourth-order valence-corrected chi connectivity index (χ4v) is 6.97. The number of aromatic carboxylic acids is 1. The van der Waals surface area contributed by atoms with Crippen molar-refractivity contribution in [2.24, 2.45) is 0 Å². The fraction of sp³-hybridized carbons (Fsp3) is 0.121. The van der Waals surface area contributed by atoms with Crippen molar-refractivity contribution in [3.8, 4) is 0 Å². The van der Waals surface area contributed by atoms with Gasteiger partial charge in [-0.3, -0.25) is 0 Å². The number of carboxylic acid groups (broad SMARTS) is 1. The third kappa shape index (κ3) is 14.7. The Bertz CT molecular complexity index is 2870. The molecule has 0 aliphatic heterocycles. The number of hydrogen-bond acceptors (Lipinski definition) is 3. The summed E-state index contributed by atoms with van der Waals surface area (Å²) in [6.07, 6.45) is 7.83. The van der Waals surface area contributed by atoms with E-state index in [-0.39, 0.29) is 22.6 Å². The van der Waals surface area contributed by atoms with Crippen LogP contribution in [0.4, 0.5) is 40.3 Å². The quantitative estimate of drug-likeness (QED) is 0.0797. The summed E-state index contributed by atoms with van der Waals surface area (Å²) in [5.41, 5.74) is 12.2. The van der Waals surface area contributed by atoms with E-state index in [1.165, 1.54) is 57.6 Å². The molecule has 4 nitrogen and oxygen atoms in total. The summed E-state index contributed by atoms with van der Waals surface area (Å²) in [6.45, 7) is 6.31. The molecule has 0 spiro atoms. The third-order valence-electron chi connectivity index (χ3n) is 10.9. The summed E-state index contributed by atoms with van der Waals surface area (Å²) in [6, 6.07) is 54.8. The molecule has 8 aromatic rings. The van der Waals surface area contributed by atoms with Gasteiger partial charge in [0.25, 0.3) is 0 Å². The molecule has 0 saturated carbocycles. The first-order chi connectivity index (χ1) is 31.9. The molecule has 8 heteroatoms. The zero-order valence-corrected chi connectivity index (χ0v) is 37.2. The maximum Gasteiger partial charge on any atom is 0.337 e. The van der Waals surface area contributed by atoms with E-state index >= 15 is 0 Å². The van der Waals surface area contributed by atoms with Gasteiger partial charge in [-0.2, -0.15) is 0 Å². The molecular weight excluding hydrogens is 833 g/mol. The minimum atomic E-state index is -1.14. The molecule has 0 aliphatic rings. The van der Waals surface area contributed by atoms with Crippen molar-refractivity contribution in [1.82, 2.24) is 0 Å². The van der Waals surface area contributed by atoms with Crippen LogP contribution in [0.15, 0.2) is 182 Å². The number of rotatable bonds is 13. The summed E-state index contributed by atoms with van der Waals surface area (Å²) in [4.78, 5) is 11.4. The molecule has 0 unspecified atom stereocenters. The van der Waals surface area contributed by atoms with E-state index in [1.807, 2.05) is 79.7 Å². The highest BCUT2D eigenvalue weighted by Crippen LogP contribution is 2.27. The molecule has 0 heterocycles. The SMILES string of the molecule is Cc1ccc(CCc2ccccc2)cc1C.Cc1ccc(CCc2ccccc2)cc1Nc1ccc(F)cc1F.O=C(O)c1ccc(/C=C/c2ccccc2)cc1Nc1ccc(F)cc1F. The maximum atomic E-state index is 13.9. The number of aryl methyl sites for hydroxylation is 7. The molecule has 0 atom stereocenters. The Balaban J connectivity index is 0.000000168. The molecule has 0 saturated heterocycles.